The van der Waals surface area contributed by atoms with E-state index in [9.17, 15) is 0 Å². The molecule has 2 aromatic carbocycles. The summed E-state index contributed by atoms with van der Waals surface area (Å²) in [6.45, 7) is 9.61. The third kappa shape index (κ3) is 4.08. The SMILES string of the molecule is Cc1ccccc1N(C)c1ccccc1CNC(C)(C)C. The number of nitrogens with one attached hydrogen (secondary N) is 1. The Kier molecular flexibility index (Phi) is 4.69. The van der Waals surface area contributed by atoms with E-state index < -0.39 is 0 Å². The summed E-state index contributed by atoms with van der Waals surface area (Å²) >= 11 is 0. The molecule has 21 heavy (non-hydrogen) atoms. The predicted molar refractivity (Wildman–Crippen MR) is 92.3 cm³/mol. The highest BCUT2D eigenvalue weighted by Gasteiger charge is 2.13. The van der Waals surface area contributed by atoms with Crippen molar-refractivity contribution in [3.63, 3.8) is 0 Å². The van der Waals surface area contributed by atoms with Gasteiger partial charge in [0.15, 0.2) is 0 Å². The Morgan fingerprint density at radius 3 is 2.10 bits per heavy atom. The van der Waals surface area contributed by atoms with Crippen LogP contribution in [0.25, 0.3) is 0 Å². The maximum atomic E-state index is 3.57. The van der Waals surface area contributed by atoms with Crippen LogP contribution in [-0.2, 0) is 6.54 Å². The second-order valence-corrected chi connectivity index (χ2v) is 6.58. The van der Waals surface area contributed by atoms with E-state index >= 15 is 0 Å². The zero-order valence-corrected chi connectivity index (χ0v) is 13.8. The Labute approximate surface area is 128 Å². The van der Waals surface area contributed by atoms with Gasteiger partial charge in [-0.25, -0.2) is 0 Å². The van der Waals surface area contributed by atoms with Gasteiger partial charge in [0.2, 0.25) is 0 Å². The maximum Gasteiger partial charge on any atom is 0.0453 e. The lowest BCUT2D eigenvalue weighted by Gasteiger charge is -2.26. The first-order valence-electron chi connectivity index (χ1n) is 7.51. The molecule has 2 heteroatoms. The Morgan fingerprint density at radius 1 is 0.905 bits per heavy atom. The van der Waals surface area contributed by atoms with Crippen molar-refractivity contribution in [1.29, 1.82) is 0 Å². The molecule has 0 aliphatic rings. The molecular weight excluding hydrogens is 256 g/mol. The first kappa shape index (κ1) is 15.6. The molecule has 0 saturated carbocycles. The maximum absolute atomic E-state index is 3.57. The van der Waals surface area contributed by atoms with E-state index in [2.05, 4.69) is 93.5 Å². The van der Waals surface area contributed by atoms with Crippen LogP contribution in [0.2, 0.25) is 0 Å². The van der Waals surface area contributed by atoms with Crippen LogP contribution < -0.4 is 10.2 Å². The van der Waals surface area contributed by atoms with Crippen LogP contribution >= 0.6 is 0 Å². The van der Waals surface area contributed by atoms with Gasteiger partial charge in [0.05, 0.1) is 0 Å². The first-order chi connectivity index (χ1) is 9.88. The minimum Gasteiger partial charge on any atom is -0.344 e. The third-order valence-electron chi connectivity index (χ3n) is 3.64. The minimum absolute atomic E-state index is 0.119. The van der Waals surface area contributed by atoms with Gasteiger partial charge in [0.25, 0.3) is 0 Å². The minimum atomic E-state index is 0.119. The second-order valence-electron chi connectivity index (χ2n) is 6.58. The zero-order valence-electron chi connectivity index (χ0n) is 13.8. The molecular formula is C19H26N2. The Bertz CT molecular complexity index is 597. The number of benzene rings is 2. The molecule has 0 amide bonds. The molecule has 1 N–H and O–H groups in total. The summed E-state index contributed by atoms with van der Waals surface area (Å²) in [6, 6.07) is 17.1. The summed E-state index contributed by atoms with van der Waals surface area (Å²) < 4.78 is 0. The molecule has 0 aromatic heterocycles. The van der Waals surface area contributed by atoms with Gasteiger partial charge in [-0.3, -0.25) is 0 Å². The number of nitrogens with zero attached hydrogens (tertiary/aromatic N) is 1. The summed E-state index contributed by atoms with van der Waals surface area (Å²) in [4.78, 5) is 2.27. The van der Waals surface area contributed by atoms with Gasteiger partial charge in [-0.2, -0.15) is 0 Å². The van der Waals surface area contributed by atoms with Crippen molar-refractivity contribution in [2.75, 3.05) is 11.9 Å². The normalized spacial score (nSPS) is 11.5. The van der Waals surface area contributed by atoms with Crippen molar-refractivity contribution in [1.82, 2.24) is 5.32 Å². The first-order valence-corrected chi connectivity index (χ1v) is 7.51. The van der Waals surface area contributed by atoms with Crippen LogP contribution in [0.1, 0.15) is 31.9 Å². The zero-order chi connectivity index (χ0) is 15.5. The summed E-state index contributed by atoms with van der Waals surface area (Å²) in [7, 11) is 2.14. The number of rotatable bonds is 4. The lowest BCUT2D eigenvalue weighted by molar-refractivity contribution is 0.424. The highest BCUT2D eigenvalue weighted by atomic mass is 15.1. The molecule has 0 spiro atoms. The Balaban J connectivity index is 2.29. The van der Waals surface area contributed by atoms with E-state index in [0.29, 0.717) is 0 Å². The Morgan fingerprint density at radius 2 is 1.48 bits per heavy atom. The van der Waals surface area contributed by atoms with E-state index in [1.54, 1.807) is 0 Å². The monoisotopic (exact) mass is 282 g/mol. The number of hydrogen-bond acceptors (Lipinski definition) is 2. The van der Waals surface area contributed by atoms with Crippen molar-refractivity contribution >= 4 is 11.4 Å². The van der Waals surface area contributed by atoms with Crippen molar-refractivity contribution in [2.45, 2.75) is 39.8 Å². The van der Waals surface area contributed by atoms with Crippen LogP contribution in [0.15, 0.2) is 48.5 Å². The highest BCUT2D eigenvalue weighted by molar-refractivity contribution is 5.68. The molecule has 0 unspecified atom stereocenters. The highest BCUT2D eigenvalue weighted by Crippen LogP contribution is 2.29. The van der Waals surface area contributed by atoms with Crippen LogP contribution in [0, 0.1) is 6.92 Å². The molecule has 2 aromatic rings. The van der Waals surface area contributed by atoms with Crippen molar-refractivity contribution in [3.8, 4) is 0 Å². The molecule has 112 valence electrons. The van der Waals surface area contributed by atoms with Crippen LogP contribution in [0.4, 0.5) is 11.4 Å². The topological polar surface area (TPSA) is 15.3 Å². The van der Waals surface area contributed by atoms with E-state index in [0.717, 1.165) is 6.54 Å². The Hall–Kier alpha value is -1.80. The van der Waals surface area contributed by atoms with Gasteiger partial charge in [-0.1, -0.05) is 36.4 Å². The van der Waals surface area contributed by atoms with E-state index in [1.807, 2.05) is 0 Å². The number of hydrogen-bond donors (Lipinski definition) is 1. The molecule has 2 nitrogen and oxygen atoms in total. The second kappa shape index (κ2) is 6.31. The van der Waals surface area contributed by atoms with Gasteiger partial charge in [0, 0.05) is 30.5 Å². The van der Waals surface area contributed by atoms with Gasteiger partial charge < -0.3 is 10.2 Å². The fraction of sp³-hybridized carbons (Fsp3) is 0.368. The van der Waals surface area contributed by atoms with E-state index in [4.69, 9.17) is 0 Å². The third-order valence-corrected chi connectivity index (χ3v) is 3.64. The molecule has 0 atom stereocenters. The quantitative estimate of drug-likeness (QED) is 0.878. The van der Waals surface area contributed by atoms with Gasteiger partial charge in [-0.15, -0.1) is 0 Å². The smallest absolute Gasteiger partial charge is 0.0453 e. The summed E-state index contributed by atoms with van der Waals surface area (Å²) in [6.07, 6.45) is 0. The van der Waals surface area contributed by atoms with Crippen molar-refractivity contribution < 1.29 is 0 Å². The number of aryl methyl sites for hydroxylation is 1. The largest absolute Gasteiger partial charge is 0.344 e. The lowest BCUT2D eigenvalue weighted by atomic mass is 10.1. The molecule has 0 fully saturated rings. The molecule has 0 aliphatic heterocycles. The van der Waals surface area contributed by atoms with Gasteiger partial charge in [-0.05, 0) is 51.0 Å². The molecule has 0 radical (unpaired) electrons. The summed E-state index contributed by atoms with van der Waals surface area (Å²) in [5, 5.41) is 3.57. The summed E-state index contributed by atoms with van der Waals surface area (Å²) in [5.41, 5.74) is 5.23. The fourth-order valence-electron chi connectivity index (χ4n) is 2.42. The fourth-order valence-corrected chi connectivity index (χ4v) is 2.42. The predicted octanol–water partition coefficient (Wildman–Crippen LogP) is 4.65. The molecule has 0 bridgehead atoms. The standard InChI is InChI=1S/C19H26N2/c1-15-10-6-8-12-17(15)21(5)18-13-9-7-11-16(18)14-20-19(2,3)4/h6-13,20H,14H2,1-5H3. The van der Waals surface area contributed by atoms with Gasteiger partial charge >= 0.3 is 0 Å². The van der Waals surface area contributed by atoms with Crippen molar-refractivity contribution in [3.05, 3.63) is 59.7 Å². The van der Waals surface area contributed by atoms with Crippen LogP contribution in [0.3, 0.4) is 0 Å². The average Bonchev–Trinajstić information content (AvgIpc) is 2.44. The lowest BCUT2D eigenvalue weighted by Crippen LogP contribution is -2.35. The van der Waals surface area contributed by atoms with E-state index in [-0.39, 0.29) is 5.54 Å². The molecule has 2 rings (SSSR count). The average molecular weight is 282 g/mol. The number of anilines is 2. The van der Waals surface area contributed by atoms with Gasteiger partial charge in [0.1, 0.15) is 0 Å². The molecule has 0 aliphatic carbocycles. The van der Waals surface area contributed by atoms with E-state index in [1.165, 1.54) is 22.5 Å². The van der Waals surface area contributed by atoms with Crippen LogP contribution in [-0.4, -0.2) is 12.6 Å². The number of para-hydroxylation sites is 2. The van der Waals surface area contributed by atoms with Crippen LogP contribution in [0.5, 0.6) is 0 Å². The summed E-state index contributed by atoms with van der Waals surface area (Å²) in [5.74, 6) is 0. The molecule has 0 heterocycles. The molecule has 0 saturated heterocycles. The van der Waals surface area contributed by atoms with Crippen molar-refractivity contribution in [2.24, 2.45) is 0 Å².